The Morgan fingerprint density at radius 2 is 1.77 bits per heavy atom. The van der Waals surface area contributed by atoms with E-state index in [1.807, 2.05) is 0 Å². The van der Waals surface area contributed by atoms with Crippen molar-refractivity contribution in [1.82, 2.24) is 10.0 Å². The van der Waals surface area contributed by atoms with Gasteiger partial charge in [0.25, 0.3) is 5.69 Å². The molecule has 2 bridgehead atoms. The molecule has 2 saturated heterocycles. The SMILES string of the molecule is Cl.O=[N+]([O-])c1ccc(S(=O)(=O)NC2CC3CCC(C2)N3)c(C(F)(F)F)c1. The van der Waals surface area contributed by atoms with Gasteiger partial charge in [-0.15, -0.1) is 12.4 Å². The Kier molecular flexibility index (Phi) is 5.86. The number of nitro groups is 1. The number of hydrogen-bond donors (Lipinski definition) is 2. The van der Waals surface area contributed by atoms with Crippen LogP contribution in [0.3, 0.4) is 0 Å². The van der Waals surface area contributed by atoms with E-state index >= 15 is 0 Å². The Hall–Kier alpha value is -1.43. The van der Waals surface area contributed by atoms with Crippen LogP contribution in [0.5, 0.6) is 0 Å². The molecule has 2 atom stereocenters. The molecule has 2 heterocycles. The van der Waals surface area contributed by atoms with Gasteiger partial charge in [-0.3, -0.25) is 10.1 Å². The first-order valence-corrected chi connectivity index (χ1v) is 9.18. The Morgan fingerprint density at radius 1 is 1.19 bits per heavy atom. The lowest BCUT2D eigenvalue weighted by Crippen LogP contribution is -2.48. The second kappa shape index (κ2) is 7.29. The highest BCUT2D eigenvalue weighted by atomic mass is 35.5. The highest BCUT2D eigenvalue weighted by Crippen LogP contribution is 2.37. The number of nitro benzene ring substituents is 1. The predicted molar refractivity (Wildman–Crippen MR) is 88.6 cm³/mol. The van der Waals surface area contributed by atoms with Crippen LogP contribution in [0.15, 0.2) is 23.1 Å². The van der Waals surface area contributed by atoms with E-state index in [9.17, 15) is 31.7 Å². The molecule has 1 aromatic carbocycles. The summed E-state index contributed by atoms with van der Waals surface area (Å²) in [5.74, 6) is 0. The summed E-state index contributed by atoms with van der Waals surface area (Å²) in [6.07, 6.45) is -2.19. The average molecular weight is 416 g/mol. The van der Waals surface area contributed by atoms with Crippen molar-refractivity contribution in [3.05, 3.63) is 33.9 Å². The quantitative estimate of drug-likeness (QED) is 0.581. The van der Waals surface area contributed by atoms with E-state index in [1.54, 1.807) is 0 Å². The van der Waals surface area contributed by atoms with Crippen molar-refractivity contribution in [3.8, 4) is 0 Å². The van der Waals surface area contributed by atoms with Crippen LogP contribution in [-0.2, 0) is 16.2 Å². The zero-order valence-corrected chi connectivity index (χ0v) is 15.0. The molecule has 2 fully saturated rings. The molecule has 7 nitrogen and oxygen atoms in total. The maximum absolute atomic E-state index is 13.2. The van der Waals surface area contributed by atoms with E-state index in [0.29, 0.717) is 18.9 Å². The summed E-state index contributed by atoms with van der Waals surface area (Å²) in [5, 5.41) is 14.0. The van der Waals surface area contributed by atoms with E-state index in [0.717, 1.165) is 18.9 Å². The fourth-order valence-electron chi connectivity index (χ4n) is 3.52. The summed E-state index contributed by atoms with van der Waals surface area (Å²) < 4.78 is 66.9. The molecule has 146 valence electrons. The molecule has 0 saturated carbocycles. The van der Waals surface area contributed by atoms with Gasteiger partial charge in [0, 0.05) is 30.3 Å². The number of halogens is 4. The summed E-state index contributed by atoms with van der Waals surface area (Å²) in [6.45, 7) is 0. The summed E-state index contributed by atoms with van der Waals surface area (Å²) in [4.78, 5) is 8.72. The Balaban J connectivity index is 0.00000243. The summed E-state index contributed by atoms with van der Waals surface area (Å²) in [5.41, 5.74) is -2.35. The maximum atomic E-state index is 13.2. The first kappa shape index (κ1) is 20.9. The molecule has 2 aliphatic rings. The zero-order chi connectivity index (χ0) is 18.4. The summed E-state index contributed by atoms with van der Waals surface area (Å²) in [7, 11) is -4.46. The van der Waals surface area contributed by atoms with Crippen LogP contribution >= 0.6 is 12.4 Å². The van der Waals surface area contributed by atoms with E-state index in [2.05, 4.69) is 10.0 Å². The molecule has 0 radical (unpaired) electrons. The van der Waals surface area contributed by atoms with Crippen molar-refractivity contribution in [3.63, 3.8) is 0 Å². The lowest BCUT2D eigenvalue weighted by Gasteiger charge is -2.29. The fraction of sp³-hybridized carbons (Fsp3) is 0.571. The van der Waals surface area contributed by atoms with Gasteiger partial charge in [-0.1, -0.05) is 0 Å². The van der Waals surface area contributed by atoms with Crippen LogP contribution in [-0.4, -0.2) is 31.5 Å². The van der Waals surface area contributed by atoms with Gasteiger partial charge in [0.2, 0.25) is 10.0 Å². The minimum absolute atomic E-state index is 0. The highest BCUT2D eigenvalue weighted by molar-refractivity contribution is 7.89. The lowest BCUT2D eigenvalue weighted by molar-refractivity contribution is -0.385. The monoisotopic (exact) mass is 415 g/mol. The normalized spacial score (nSPS) is 25.6. The van der Waals surface area contributed by atoms with Gasteiger partial charge in [0.15, 0.2) is 0 Å². The second-order valence-electron chi connectivity index (χ2n) is 6.36. The third kappa shape index (κ3) is 4.27. The average Bonchev–Trinajstić information content (AvgIpc) is 2.84. The number of nitrogens with zero attached hydrogens (tertiary/aromatic N) is 1. The third-order valence-corrected chi connectivity index (χ3v) is 6.14. The number of piperidine rings is 1. The minimum atomic E-state index is -5.02. The molecule has 0 aromatic heterocycles. The van der Waals surface area contributed by atoms with Gasteiger partial charge in [-0.25, -0.2) is 13.1 Å². The molecule has 0 spiro atoms. The molecular formula is C14H17ClF3N3O4S. The zero-order valence-electron chi connectivity index (χ0n) is 13.3. The molecular weight excluding hydrogens is 399 g/mol. The first-order valence-electron chi connectivity index (χ1n) is 7.70. The smallest absolute Gasteiger partial charge is 0.311 e. The van der Waals surface area contributed by atoms with Crippen LogP contribution in [0.4, 0.5) is 18.9 Å². The minimum Gasteiger partial charge on any atom is -0.311 e. The second-order valence-corrected chi connectivity index (χ2v) is 8.05. The molecule has 0 aliphatic carbocycles. The molecule has 12 heteroatoms. The van der Waals surface area contributed by atoms with Crippen molar-refractivity contribution < 1.29 is 26.5 Å². The van der Waals surface area contributed by atoms with Crippen LogP contribution in [0.25, 0.3) is 0 Å². The van der Waals surface area contributed by atoms with E-state index in [-0.39, 0.29) is 30.6 Å². The number of fused-ring (bicyclic) bond motifs is 2. The third-order valence-electron chi connectivity index (χ3n) is 4.56. The van der Waals surface area contributed by atoms with Crippen molar-refractivity contribution in [2.45, 2.75) is 54.9 Å². The van der Waals surface area contributed by atoms with Crippen LogP contribution in [0.1, 0.15) is 31.2 Å². The summed E-state index contributed by atoms with van der Waals surface area (Å²) >= 11 is 0. The Morgan fingerprint density at radius 3 is 2.27 bits per heavy atom. The van der Waals surface area contributed by atoms with Gasteiger partial charge in [-0.05, 0) is 31.7 Å². The van der Waals surface area contributed by atoms with Gasteiger partial charge in [0.05, 0.1) is 15.4 Å². The number of sulfonamides is 1. The molecule has 1 aromatic rings. The fourth-order valence-corrected chi connectivity index (χ4v) is 4.99. The van der Waals surface area contributed by atoms with Crippen LogP contribution in [0.2, 0.25) is 0 Å². The Labute approximate surface area is 154 Å². The standard InChI is InChI=1S/C14H16F3N3O4S.ClH/c15-14(16,17)12-7-11(20(21)22)3-4-13(12)25(23,24)19-10-5-8-1-2-9(6-10)18-8;/h3-4,7-10,18-19H,1-2,5-6H2;1H. The molecule has 26 heavy (non-hydrogen) atoms. The number of non-ortho nitro benzene ring substituents is 1. The molecule has 0 amide bonds. The van der Waals surface area contributed by atoms with Crippen LogP contribution in [0, 0.1) is 10.1 Å². The molecule has 2 N–H and O–H groups in total. The number of nitrogens with one attached hydrogen (secondary N) is 2. The van der Waals surface area contributed by atoms with Crippen molar-refractivity contribution >= 4 is 28.1 Å². The van der Waals surface area contributed by atoms with E-state index < -0.39 is 43.3 Å². The molecule has 2 unspecified atom stereocenters. The van der Waals surface area contributed by atoms with Crippen LogP contribution < -0.4 is 10.0 Å². The highest BCUT2D eigenvalue weighted by Gasteiger charge is 2.41. The number of hydrogen-bond acceptors (Lipinski definition) is 5. The van der Waals surface area contributed by atoms with Gasteiger partial charge >= 0.3 is 6.18 Å². The molecule has 2 aliphatic heterocycles. The number of alkyl halides is 3. The number of rotatable bonds is 4. The van der Waals surface area contributed by atoms with E-state index in [4.69, 9.17) is 0 Å². The molecule has 3 rings (SSSR count). The predicted octanol–water partition coefficient (Wildman–Crippen LogP) is 2.60. The van der Waals surface area contributed by atoms with E-state index in [1.165, 1.54) is 0 Å². The Bertz CT molecular complexity index is 791. The van der Waals surface area contributed by atoms with Crippen molar-refractivity contribution in [2.24, 2.45) is 0 Å². The van der Waals surface area contributed by atoms with Gasteiger partial charge in [-0.2, -0.15) is 13.2 Å². The lowest BCUT2D eigenvalue weighted by atomic mass is 10.0. The largest absolute Gasteiger partial charge is 0.417 e. The van der Waals surface area contributed by atoms with Crippen molar-refractivity contribution in [2.75, 3.05) is 0 Å². The van der Waals surface area contributed by atoms with Gasteiger partial charge < -0.3 is 5.32 Å². The van der Waals surface area contributed by atoms with Crippen molar-refractivity contribution in [1.29, 1.82) is 0 Å². The first-order chi connectivity index (χ1) is 11.6. The topological polar surface area (TPSA) is 101 Å². The number of benzene rings is 1. The van der Waals surface area contributed by atoms with Gasteiger partial charge in [0.1, 0.15) is 0 Å². The summed E-state index contributed by atoms with van der Waals surface area (Å²) in [6, 6.07) is 1.51. The maximum Gasteiger partial charge on any atom is 0.417 e.